The van der Waals surface area contributed by atoms with E-state index in [0.29, 0.717) is 5.69 Å². The predicted molar refractivity (Wildman–Crippen MR) is 42.4 cm³/mol. The van der Waals surface area contributed by atoms with Gasteiger partial charge >= 0.3 is 22.4 Å². The first-order valence-electron chi connectivity index (χ1n) is 2.85. The molecule has 0 amide bonds. The van der Waals surface area contributed by atoms with Crippen LogP contribution in [0.25, 0.3) is 5.14 Å². The zero-order valence-electron chi connectivity index (χ0n) is 5.91. The van der Waals surface area contributed by atoms with Crippen molar-refractivity contribution < 1.29 is 30.8 Å². The Kier molecular flexibility index (Phi) is 3.95. The Morgan fingerprint density at radius 3 is 1.92 bits per heavy atom. The van der Waals surface area contributed by atoms with Crippen molar-refractivity contribution >= 4 is 15.7 Å². The summed E-state index contributed by atoms with van der Waals surface area (Å²) in [6, 6.07) is 5.50. The number of nitrogens with two attached hydrogens (primary N) is 1. The molecule has 0 bridgehead atoms. The number of nitrogens with one attached hydrogen (secondary N) is 1. The quantitative estimate of drug-likeness (QED) is 0.615. The largest absolute Gasteiger partial charge is 1.00 e. The van der Waals surface area contributed by atoms with Crippen LogP contribution in [0.2, 0.25) is 0 Å². The van der Waals surface area contributed by atoms with E-state index in [1.165, 1.54) is 24.3 Å². The van der Waals surface area contributed by atoms with Gasteiger partial charge in [0.15, 0.2) is 0 Å². The molecule has 0 saturated heterocycles. The number of hydrogen-bond donors (Lipinski definition) is 1. The minimum Gasteiger partial charge on any atom is -0.560 e. The fourth-order valence-electron chi connectivity index (χ4n) is 0.647. The summed E-state index contributed by atoms with van der Waals surface area (Å²) in [7, 11) is -3.83. The number of hydrogen-bond acceptors (Lipinski definition) is 3. The molecule has 0 spiro atoms. The summed E-state index contributed by atoms with van der Waals surface area (Å²) in [5.74, 6) is 0. The number of sulfonamides is 1. The summed E-state index contributed by atoms with van der Waals surface area (Å²) in [4.78, 5) is -0.0355. The van der Waals surface area contributed by atoms with Crippen LogP contribution >= 0.6 is 0 Å². The van der Waals surface area contributed by atoms with Crippen molar-refractivity contribution in [2.75, 3.05) is 5.73 Å². The van der Waals surface area contributed by atoms with Gasteiger partial charge in [-0.2, -0.15) is 0 Å². The second-order valence-corrected chi connectivity index (χ2v) is 3.55. The first-order chi connectivity index (χ1) is 5.00. The Balaban J connectivity index is 0.00000121. The molecule has 1 aromatic carbocycles. The van der Waals surface area contributed by atoms with Gasteiger partial charge < -0.3 is 10.9 Å². The van der Waals surface area contributed by atoms with Gasteiger partial charge in [0.2, 0.25) is 0 Å². The summed E-state index contributed by atoms with van der Waals surface area (Å²) in [6.07, 6.45) is 0. The van der Waals surface area contributed by atoms with Crippen molar-refractivity contribution in [1.82, 2.24) is 0 Å². The molecule has 3 N–H and O–H groups in total. The molecule has 0 radical (unpaired) electrons. The second kappa shape index (κ2) is 4.06. The molecule has 6 heteroatoms. The normalized spacial score (nSPS) is 10.4. The summed E-state index contributed by atoms with van der Waals surface area (Å²) in [6.45, 7) is 0. The molecule has 0 aliphatic carbocycles. The predicted octanol–water partition coefficient (Wildman–Crippen LogP) is 1.01. The molecular formula is C6H7AgN2O2S. The molecule has 0 aromatic heterocycles. The maximum atomic E-state index is 10.6. The van der Waals surface area contributed by atoms with Crippen molar-refractivity contribution in [2.24, 2.45) is 0 Å². The van der Waals surface area contributed by atoms with Gasteiger partial charge in [-0.05, 0) is 24.3 Å². The van der Waals surface area contributed by atoms with Gasteiger partial charge in [0, 0.05) is 10.6 Å². The molecule has 0 unspecified atom stereocenters. The first-order valence-corrected chi connectivity index (χ1v) is 4.33. The standard InChI is InChI=1S/C6H7N2O2S.Ag/c7-5-1-3-6(4-2-5)11(8,9)10;/h1-4H,7H2,(H-,8,9,10);/q-1;+1. The average Bonchev–Trinajstić information content (AvgIpc) is 1.86. The minimum atomic E-state index is -3.83. The summed E-state index contributed by atoms with van der Waals surface area (Å²) >= 11 is 0. The van der Waals surface area contributed by atoms with Gasteiger partial charge in [0.1, 0.15) is 0 Å². The van der Waals surface area contributed by atoms with Crippen LogP contribution in [-0.2, 0) is 32.4 Å². The van der Waals surface area contributed by atoms with E-state index >= 15 is 0 Å². The van der Waals surface area contributed by atoms with E-state index < -0.39 is 10.0 Å². The molecule has 0 atom stereocenters. The third-order valence-electron chi connectivity index (χ3n) is 1.19. The van der Waals surface area contributed by atoms with E-state index in [1.54, 1.807) is 0 Å². The molecular weight excluding hydrogens is 272 g/mol. The van der Waals surface area contributed by atoms with Gasteiger partial charge in [0.25, 0.3) is 0 Å². The van der Waals surface area contributed by atoms with Gasteiger partial charge in [-0.15, -0.1) is 0 Å². The summed E-state index contributed by atoms with van der Waals surface area (Å²) in [5, 5.41) is 6.67. The molecule has 1 aromatic rings. The second-order valence-electron chi connectivity index (χ2n) is 2.07. The first kappa shape index (κ1) is 11.7. The van der Waals surface area contributed by atoms with E-state index in [0.717, 1.165) is 0 Å². The molecule has 1 rings (SSSR count). The maximum absolute atomic E-state index is 10.6. The molecule has 0 aliphatic heterocycles. The topological polar surface area (TPSA) is 84.0 Å². The number of nitrogen functional groups attached to an aromatic ring is 1. The van der Waals surface area contributed by atoms with Crippen LogP contribution in [0.1, 0.15) is 0 Å². The van der Waals surface area contributed by atoms with E-state index in [4.69, 9.17) is 10.9 Å². The molecule has 70 valence electrons. The van der Waals surface area contributed by atoms with Crippen LogP contribution in [0.3, 0.4) is 0 Å². The van der Waals surface area contributed by atoms with Crippen LogP contribution < -0.4 is 5.73 Å². The summed E-state index contributed by atoms with van der Waals surface area (Å²) < 4.78 is 21.1. The van der Waals surface area contributed by atoms with Crippen LogP contribution in [0.5, 0.6) is 0 Å². The molecule has 4 nitrogen and oxygen atoms in total. The van der Waals surface area contributed by atoms with Crippen LogP contribution in [0.4, 0.5) is 5.69 Å². The zero-order valence-corrected chi connectivity index (χ0v) is 8.21. The Bertz CT molecular complexity index is 346. The summed E-state index contributed by atoms with van der Waals surface area (Å²) in [5.41, 5.74) is 5.80. The van der Waals surface area contributed by atoms with Crippen molar-refractivity contribution in [3.63, 3.8) is 0 Å². The SMILES string of the molecule is [Ag+].[NH-]S(=O)(=O)c1ccc(N)cc1. The Hall–Kier alpha value is -0.330. The Morgan fingerprint density at radius 1 is 1.17 bits per heavy atom. The monoisotopic (exact) mass is 278 g/mol. The number of anilines is 1. The molecule has 12 heavy (non-hydrogen) atoms. The van der Waals surface area contributed by atoms with Crippen molar-refractivity contribution in [1.29, 1.82) is 0 Å². The Morgan fingerprint density at radius 2 is 1.58 bits per heavy atom. The zero-order chi connectivity index (χ0) is 8.48. The number of benzene rings is 1. The molecule has 0 saturated carbocycles. The van der Waals surface area contributed by atoms with Crippen LogP contribution in [-0.4, -0.2) is 8.42 Å². The average molecular weight is 279 g/mol. The molecule has 0 heterocycles. The van der Waals surface area contributed by atoms with E-state index in [1.807, 2.05) is 0 Å². The number of rotatable bonds is 1. The van der Waals surface area contributed by atoms with Gasteiger partial charge in [-0.25, -0.2) is 8.42 Å². The third kappa shape index (κ3) is 2.96. The van der Waals surface area contributed by atoms with E-state index in [2.05, 4.69) is 0 Å². The third-order valence-corrected chi connectivity index (χ3v) is 2.08. The van der Waals surface area contributed by atoms with Gasteiger partial charge in [-0.1, -0.05) is 0 Å². The molecule has 0 aliphatic rings. The van der Waals surface area contributed by atoms with Gasteiger partial charge in [0.05, 0.1) is 10.0 Å². The van der Waals surface area contributed by atoms with Crippen molar-refractivity contribution in [3.8, 4) is 0 Å². The van der Waals surface area contributed by atoms with Crippen LogP contribution in [0.15, 0.2) is 29.2 Å². The molecule has 0 fully saturated rings. The van der Waals surface area contributed by atoms with Crippen molar-refractivity contribution in [3.05, 3.63) is 29.4 Å². The Labute approximate surface area is 86.5 Å². The maximum Gasteiger partial charge on any atom is 1.00 e. The van der Waals surface area contributed by atoms with Gasteiger partial charge in [-0.3, -0.25) is 0 Å². The fraction of sp³-hybridized carbons (Fsp3) is 0. The van der Waals surface area contributed by atoms with Crippen LogP contribution in [0, 0.1) is 0 Å². The smallest absolute Gasteiger partial charge is 0.560 e. The minimum absolute atomic E-state index is 0. The van der Waals surface area contributed by atoms with Crippen molar-refractivity contribution in [2.45, 2.75) is 4.90 Å². The van der Waals surface area contributed by atoms with E-state index in [-0.39, 0.29) is 27.3 Å². The van der Waals surface area contributed by atoms with E-state index in [9.17, 15) is 8.42 Å². The fourth-order valence-corrected chi connectivity index (χ4v) is 1.14.